The molecule has 0 saturated carbocycles. The number of nitro groups is 1. The van der Waals surface area contributed by atoms with Crippen LogP contribution in [-0.4, -0.2) is 17.0 Å². The number of nitrogens with one attached hydrogen (secondary N) is 1. The third-order valence-corrected chi connectivity index (χ3v) is 3.70. The van der Waals surface area contributed by atoms with E-state index in [9.17, 15) is 20.0 Å². The Hall–Kier alpha value is -2.26. The van der Waals surface area contributed by atoms with Gasteiger partial charge in [0, 0.05) is 10.5 Å². The van der Waals surface area contributed by atoms with Crippen molar-refractivity contribution in [3.05, 3.63) is 54.7 Å². The van der Waals surface area contributed by atoms with Crippen molar-refractivity contribution in [1.29, 1.82) is 0 Å². The maximum atomic E-state index is 11.8. The van der Waals surface area contributed by atoms with Crippen LogP contribution in [0.4, 0.5) is 5.69 Å². The quantitative estimate of drug-likeness (QED) is 0.507. The van der Waals surface area contributed by atoms with Crippen molar-refractivity contribution in [2.45, 2.75) is 0 Å². The molecule has 0 aliphatic heterocycles. The zero-order chi connectivity index (χ0) is 15.4. The molecule has 0 bridgehead atoms. The Morgan fingerprint density at radius 1 is 1.48 bits per heavy atom. The molecule has 7 nitrogen and oxygen atoms in total. The summed E-state index contributed by atoms with van der Waals surface area (Å²) >= 11 is 4.32. The Bertz CT molecular complexity index is 716. The van der Waals surface area contributed by atoms with Crippen molar-refractivity contribution >= 4 is 45.1 Å². The number of hydrogen-bond acceptors (Lipinski definition) is 6. The Morgan fingerprint density at radius 2 is 2.24 bits per heavy atom. The van der Waals surface area contributed by atoms with Gasteiger partial charge < -0.3 is 5.11 Å². The first kappa shape index (κ1) is 15.1. The number of hydrogen-bond donors (Lipinski definition) is 1. The summed E-state index contributed by atoms with van der Waals surface area (Å²) in [6, 6.07) is 5.84. The van der Waals surface area contributed by atoms with Gasteiger partial charge in [-0.05, 0) is 28.8 Å². The van der Waals surface area contributed by atoms with E-state index >= 15 is 0 Å². The number of benzene rings is 1. The highest BCUT2D eigenvalue weighted by atomic mass is 79.9. The molecule has 1 aromatic heterocycles. The highest BCUT2D eigenvalue weighted by Crippen LogP contribution is 2.30. The van der Waals surface area contributed by atoms with E-state index in [2.05, 4.69) is 26.5 Å². The van der Waals surface area contributed by atoms with Gasteiger partial charge in [0.15, 0.2) is 0 Å². The first-order valence-electron chi connectivity index (χ1n) is 5.51. The summed E-state index contributed by atoms with van der Waals surface area (Å²) in [5.74, 6) is -1.18. The number of rotatable bonds is 4. The molecule has 2 rings (SSSR count). The summed E-state index contributed by atoms with van der Waals surface area (Å²) in [5.41, 5.74) is 1.69. The smallest absolute Gasteiger partial charge is 0.281 e. The second-order valence-electron chi connectivity index (χ2n) is 3.78. The first-order valence-corrected chi connectivity index (χ1v) is 7.18. The van der Waals surface area contributed by atoms with E-state index in [1.807, 2.05) is 0 Å². The fourth-order valence-electron chi connectivity index (χ4n) is 1.45. The van der Waals surface area contributed by atoms with Gasteiger partial charge in [0.1, 0.15) is 0 Å². The van der Waals surface area contributed by atoms with Crippen molar-refractivity contribution in [1.82, 2.24) is 5.43 Å². The first-order chi connectivity index (χ1) is 9.99. The fraction of sp³-hybridized carbons (Fsp3) is 0. The summed E-state index contributed by atoms with van der Waals surface area (Å²) in [7, 11) is 0. The monoisotopic (exact) mass is 368 g/mol. The summed E-state index contributed by atoms with van der Waals surface area (Å²) < 4.78 is 0.375. The van der Waals surface area contributed by atoms with E-state index in [4.69, 9.17) is 0 Å². The van der Waals surface area contributed by atoms with Gasteiger partial charge >= 0.3 is 0 Å². The fourth-order valence-corrected chi connectivity index (χ4v) is 2.53. The number of carbonyl (C=O) groups is 1. The van der Waals surface area contributed by atoms with Crippen molar-refractivity contribution in [3.8, 4) is 5.75 Å². The average molecular weight is 369 g/mol. The molecule has 0 fully saturated rings. The van der Waals surface area contributed by atoms with E-state index in [1.54, 1.807) is 17.5 Å². The lowest BCUT2D eigenvalue weighted by atomic mass is 10.2. The topological polar surface area (TPSA) is 108 Å². The molecule has 1 N–H and O–H groups in total. The second-order valence-corrected chi connectivity index (χ2v) is 5.64. The van der Waals surface area contributed by atoms with E-state index in [0.717, 1.165) is 12.3 Å². The number of nitro benzene ring substituents is 1. The Morgan fingerprint density at radius 3 is 2.86 bits per heavy atom. The Balaban J connectivity index is 2.18. The number of carbonyl (C=O) groups excluding carboxylic acids is 1. The van der Waals surface area contributed by atoms with Gasteiger partial charge in [-0.25, -0.2) is 5.43 Å². The number of hydrazone groups is 1. The van der Waals surface area contributed by atoms with Gasteiger partial charge in [-0.15, -0.1) is 11.3 Å². The van der Waals surface area contributed by atoms with Crippen molar-refractivity contribution in [2.24, 2.45) is 5.10 Å². The number of halogens is 1. The van der Waals surface area contributed by atoms with Crippen molar-refractivity contribution in [2.75, 3.05) is 0 Å². The molecule has 0 aliphatic rings. The summed E-state index contributed by atoms with van der Waals surface area (Å²) in [6.45, 7) is 0. The SMILES string of the molecule is O=C(N/N=C\c1cc(Br)cc([N+](=O)[O-])c1[O-])c1cccs1. The minimum atomic E-state index is -0.769. The van der Waals surface area contributed by atoms with E-state index in [0.29, 0.717) is 9.35 Å². The van der Waals surface area contributed by atoms with Crippen LogP contribution >= 0.6 is 27.3 Å². The molecule has 0 spiro atoms. The predicted molar refractivity (Wildman–Crippen MR) is 79.6 cm³/mol. The highest BCUT2D eigenvalue weighted by molar-refractivity contribution is 9.10. The van der Waals surface area contributed by atoms with Crippen LogP contribution in [0.15, 0.2) is 39.2 Å². The summed E-state index contributed by atoms with van der Waals surface area (Å²) in [6.07, 6.45) is 1.07. The third-order valence-electron chi connectivity index (χ3n) is 2.37. The van der Waals surface area contributed by atoms with Crippen LogP contribution in [0.5, 0.6) is 5.75 Å². The highest BCUT2D eigenvalue weighted by Gasteiger charge is 2.11. The van der Waals surface area contributed by atoms with Crippen LogP contribution in [0, 0.1) is 10.1 Å². The summed E-state index contributed by atoms with van der Waals surface area (Å²) in [4.78, 5) is 22.0. The second kappa shape index (κ2) is 6.46. The van der Waals surface area contributed by atoms with Gasteiger partial charge in [0.05, 0.1) is 16.0 Å². The largest absolute Gasteiger partial charge is 0.867 e. The standard InChI is InChI=1S/C12H8BrN3O4S/c13-8-4-7(11(17)9(5-8)16(19)20)6-14-15-12(18)10-2-1-3-21-10/h1-6,17H,(H,15,18)/p-1/b14-6-. The minimum absolute atomic E-state index is 0.00237. The molecular weight excluding hydrogens is 362 g/mol. The molecule has 0 saturated heterocycles. The van der Waals surface area contributed by atoms with Gasteiger partial charge in [-0.2, -0.15) is 5.10 Å². The van der Waals surface area contributed by atoms with E-state index < -0.39 is 22.3 Å². The van der Waals surface area contributed by atoms with Gasteiger partial charge in [-0.3, -0.25) is 14.9 Å². The number of thiophene rings is 1. The lowest BCUT2D eigenvalue weighted by Gasteiger charge is -2.10. The molecule has 1 heterocycles. The summed E-state index contributed by atoms with van der Waals surface area (Å²) in [5, 5.41) is 27.9. The number of amides is 1. The maximum absolute atomic E-state index is 11.8. The molecule has 1 amide bonds. The lowest BCUT2D eigenvalue weighted by molar-refractivity contribution is -0.398. The predicted octanol–water partition coefficient (Wildman–Crippen LogP) is 2.26. The molecule has 1 aromatic carbocycles. The van der Waals surface area contributed by atoms with E-state index in [-0.39, 0.29) is 5.56 Å². The molecule has 2 aromatic rings. The Kier molecular flexibility index (Phi) is 4.66. The van der Waals surface area contributed by atoms with Crippen LogP contribution in [-0.2, 0) is 0 Å². The zero-order valence-electron chi connectivity index (χ0n) is 10.3. The van der Waals surface area contributed by atoms with Crippen molar-refractivity contribution < 1.29 is 14.8 Å². The van der Waals surface area contributed by atoms with Gasteiger partial charge in [0.2, 0.25) is 0 Å². The molecule has 108 valence electrons. The normalized spacial score (nSPS) is 10.7. The van der Waals surface area contributed by atoms with Gasteiger partial charge in [-0.1, -0.05) is 22.0 Å². The van der Waals surface area contributed by atoms with E-state index in [1.165, 1.54) is 17.4 Å². The zero-order valence-corrected chi connectivity index (χ0v) is 12.7. The number of nitrogens with zero attached hydrogens (tertiary/aromatic N) is 2. The van der Waals surface area contributed by atoms with Gasteiger partial charge in [0.25, 0.3) is 11.6 Å². The average Bonchev–Trinajstić information content (AvgIpc) is 2.95. The lowest BCUT2D eigenvalue weighted by Crippen LogP contribution is -2.16. The van der Waals surface area contributed by atoms with Crippen LogP contribution in [0.25, 0.3) is 0 Å². The minimum Gasteiger partial charge on any atom is -0.867 e. The Labute approximate surface area is 131 Å². The molecule has 21 heavy (non-hydrogen) atoms. The van der Waals surface area contributed by atoms with Crippen LogP contribution in [0.3, 0.4) is 0 Å². The van der Waals surface area contributed by atoms with Crippen molar-refractivity contribution in [3.63, 3.8) is 0 Å². The van der Waals surface area contributed by atoms with Crippen LogP contribution < -0.4 is 10.5 Å². The molecule has 0 radical (unpaired) electrons. The molecule has 0 aliphatic carbocycles. The molecule has 9 heteroatoms. The van der Waals surface area contributed by atoms with Crippen LogP contribution in [0.1, 0.15) is 15.2 Å². The molecular formula is C12H7BrN3O4S-. The maximum Gasteiger partial charge on any atom is 0.281 e. The molecule has 0 unspecified atom stereocenters. The third kappa shape index (κ3) is 3.64. The van der Waals surface area contributed by atoms with Crippen LogP contribution in [0.2, 0.25) is 0 Å². The molecule has 0 atom stereocenters.